The van der Waals surface area contributed by atoms with Crippen molar-refractivity contribution in [1.82, 2.24) is 25.1 Å². The van der Waals surface area contributed by atoms with Crippen molar-refractivity contribution in [3.05, 3.63) is 36.9 Å². The van der Waals surface area contributed by atoms with E-state index in [0.717, 1.165) is 54.3 Å². The number of carbonyl (C=O) groups excluding carboxylic acids is 1. The number of carbonyl (C=O) groups is 1. The highest BCUT2D eigenvalue weighted by atomic mass is 16.5. The summed E-state index contributed by atoms with van der Waals surface area (Å²) in [7, 11) is 3.59. The van der Waals surface area contributed by atoms with Crippen molar-refractivity contribution in [1.29, 1.82) is 0 Å². The van der Waals surface area contributed by atoms with Crippen LogP contribution in [0.3, 0.4) is 0 Å². The minimum atomic E-state index is 0.0337. The van der Waals surface area contributed by atoms with E-state index in [4.69, 9.17) is 4.74 Å². The predicted octanol–water partition coefficient (Wildman–Crippen LogP) is 2.76. The van der Waals surface area contributed by atoms with E-state index < -0.39 is 0 Å². The molecule has 0 bridgehead atoms. The highest BCUT2D eigenvalue weighted by Crippen LogP contribution is 2.27. The largest absolute Gasteiger partial charge is 0.383 e. The summed E-state index contributed by atoms with van der Waals surface area (Å²) in [6, 6.07) is 4.38. The molecule has 8 nitrogen and oxygen atoms in total. The Balaban J connectivity index is 1.39. The Kier molecular flexibility index (Phi) is 6.35. The van der Waals surface area contributed by atoms with Crippen LogP contribution < -0.4 is 10.6 Å². The highest BCUT2D eigenvalue weighted by molar-refractivity contribution is 5.94. The van der Waals surface area contributed by atoms with Crippen LogP contribution in [0.2, 0.25) is 0 Å². The van der Waals surface area contributed by atoms with Crippen LogP contribution in [0.5, 0.6) is 0 Å². The summed E-state index contributed by atoms with van der Waals surface area (Å²) in [5, 5.41) is 12.6. The number of rotatable bonds is 7. The zero-order valence-electron chi connectivity index (χ0n) is 17.5. The lowest BCUT2D eigenvalue weighted by molar-refractivity contribution is -0.120. The minimum absolute atomic E-state index is 0.0337. The second-order valence-electron chi connectivity index (χ2n) is 7.87. The molecule has 0 unspecified atom stereocenters. The zero-order valence-corrected chi connectivity index (χ0v) is 17.5. The Morgan fingerprint density at radius 3 is 2.67 bits per heavy atom. The Labute approximate surface area is 176 Å². The van der Waals surface area contributed by atoms with Gasteiger partial charge in [-0.2, -0.15) is 5.10 Å². The van der Waals surface area contributed by atoms with Gasteiger partial charge in [0.05, 0.1) is 18.5 Å². The molecule has 0 spiro atoms. The fourth-order valence-electron chi connectivity index (χ4n) is 3.97. The van der Waals surface area contributed by atoms with Crippen molar-refractivity contribution in [2.75, 3.05) is 25.6 Å². The van der Waals surface area contributed by atoms with E-state index in [1.54, 1.807) is 30.4 Å². The maximum absolute atomic E-state index is 12.7. The molecule has 30 heavy (non-hydrogen) atoms. The van der Waals surface area contributed by atoms with E-state index in [1.807, 2.05) is 25.4 Å². The van der Waals surface area contributed by atoms with E-state index in [2.05, 4.69) is 25.7 Å². The summed E-state index contributed by atoms with van der Waals surface area (Å²) in [6.45, 7) is 1.57. The molecule has 4 rings (SSSR count). The third-order valence-corrected chi connectivity index (χ3v) is 5.69. The second kappa shape index (κ2) is 9.32. The van der Waals surface area contributed by atoms with Crippen LogP contribution in [0, 0.1) is 5.92 Å². The molecule has 1 amide bonds. The molecule has 0 saturated heterocycles. The average Bonchev–Trinajstić information content (AvgIpc) is 3.20. The maximum Gasteiger partial charge on any atom is 0.228 e. The number of aromatic nitrogens is 4. The van der Waals surface area contributed by atoms with Gasteiger partial charge in [-0.1, -0.05) is 0 Å². The summed E-state index contributed by atoms with van der Waals surface area (Å²) >= 11 is 0. The van der Waals surface area contributed by atoms with Gasteiger partial charge in [-0.15, -0.1) is 0 Å². The van der Waals surface area contributed by atoms with Crippen LogP contribution in [0.25, 0.3) is 22.0 Å². The zero-order chi connectivity index (χ0) is 20.9. The van der Waals surface area contributed by atoms with Gasteiger partial charge < -0.3 is 15.4 Å². The Morgan fingerprint density at radius 2 is 1.93 bits per heavy atom. The molecule has 0 aromatic carbocycles. The van der Waals surface area contributed by atoms with Gasteiger partial charge in [-0.3, -0.25) is 14.5 Å². The molecular weight excluding hydrogens is 380 g/mol. The number of hydrogen-bond donors (Lipinski definition) is 2. The van der Waals surface area contributed by atoms with Crippen molar-refractivity contribution in [2.24, 2.45) is 13.0 Å². The summed E-state index contributed by atoms with van der Waals surface area (Å²) in [5.74, 6) is 0.668. The van der Waals surface area contributed by atoms with Gasteiger partial charge >= 0.3 is 0 Å². The molecule has 1 fully saturated rings. The SMILES string of the molecule is COCCN[C@H]1CC[C@H](C(=O)Nc2cc3cc(-c4cnn(C)c4)ncc3cn2)CC1. The van der Waals surface area contributed by atoms with Gasteiger partial charge in [0.15, 0.2) is 0 Å². The first-order valence-electron chi connectivity index (χ1n) is 10.4. The van der Waals surface area contributed by atoms with Crippen molar-refractivity contribution >= 4 is 22.5 Å². The Bertz CT molecular complexity index is 1010. The van der Waals surface area contributed by atoms with E-state index in [1.165, 1.54) is 0 Å². The second-order valence-corrected chi connectivity index (χ2v) is 7.87. The molecule has 0 atom stereocenters. The van der Waals surface area contributed by atoms with Crippen molar-refractivity contribution in [2.45, 2.75) is 31.7 Å². The fourth-order valence-corrected chi connectivity index (χ4v) is 3.97. The van der Waals surface area contributed by atoms with Gasteiger partial charge in [0, 0.05) is 62.2 Å². The lowest BCUT2D eigenvalue weighted by atomic mass is 9.85. The van der Waals surface area contributed by atoms with Crippen LogP contribution in [0.1, 0.15) is 25.7 Å². The van der Waals surface area contributed by atoms with E-state index in [0.29, 0.717) is 18.5 Å². The molecule has 158 valence electrons. The lowest BCUT2D eigenvalue weighted by Gasteiger charge is -2.28. The number of anilines is 1. The fraction of sp³-hybridized carbons (Fsp3) is 0.455. The molecule has 0 aliphatic heterocycles. The average molecular weight is 409 g/mol. The van der Waals surface area contributed by atoms with Gasteiger partial charge in [0.2, 0.25) is 5.91 Å². The molecule has 1 aliphatic carbocycles. The molecule has 3 heterocycles. The number of nitrogens with zero attached hydrogens (tertiary/aromatic N) is 4. The van der Waals surface area contributed by atoms with Crippen molar-refractivity contribution in [3.63, 3.8) is 0 Å². The summed E-state index contributed by atoms with van der Waals surface area (Å²) in [5.41, 5.74) is 1.80. The molecule has 2 N–H and O–H groups in total. The van der Waals surface area contributed by atoms with Crippen LogP contribution in [0.4, 0.5) is 5.82 Å². The molecule has 3 aromatic rings. The Morgan fingerprint density at radius 1 is 1.13 bits per heavy atom. The van der Waals surface area contributed by atoms with Crippen molar-refractivity contribution < 1.29 is 9.53 Å². The summed E-state index contributed by atoms with van der Waals surface area (Å²) in [6.07, 6.45) is 11.1. The van der Waals surface area contributed by atoms with E-state index in [9.17, 15) is 4.79 Å². The predicted molar refractivity (Wildman–Crippen MR) is 116 cm³/mol. The summed E-state index contributed by atoms with van der Waals surface area (Å²) < 4.78 is 6.83. The number of pyridine rings is 2. The molecule has 1 aliphatic rings. The summed E-state index contributed by atoms with van der Waals surface area (Å²) in [4.78, 5) is 21.6. The monoisotopic (exact) mass is 408 g/mol. The van der Waals surface area contributed by atoms with Crippen LogP contribution >= 0.6 is 0 Å². The molecule has 8 heteroatoms. The lowest BCUT2D eigenvalue weighted by Crippen LogP contribution is -2.37. The number of aryl methyl sites for hydroxylation is 1. The standard InChI is InChI=1S/C22H28N6O2/c1-28-14-18(13-26-28)20-9-16-10-21(25-12-17(16)11-24-20)27-22(29)15-3-5-19(6-4-15)23-7-8-30-2/h9-15,19,23H,3-8H2,1-2H3,(H,25,27,29)/t15-,19-. The first kappa shape index (κ1) is 20.4. The first-order valence-corrected chi connectivity index (χ1v) is 10.4. The van der Waals surface area contributed by atoms with Crippen LogP contribution in [-0.4, -0.2) is 52.0 Å². The van der Waals surface area contributed by atoms with Crippen molar-refractivity contribution in [3.8, 4) is 11.3 Å². The third kappa shape index (κ3) is 4.83. The van der Waals surface area contributed by atoms with E-state index in [-0.39, 0.29) is 11.8 Å². The molecule has 1 saturated carbocycles. The number of hydrogen-bond acceptors (Lipinski definition) is 6. The van der Waals surface area contributed by atoms with Gasteiger partial charge in [-0.05, 0) is 43.2 Å². The van der Waals surface area contributed by atoms with Crippen LogP contribution in [0.15, 0.2) is 36.9 Å². The number of methoxy groups -OCH3 is 1. The first-order chi connectivity index (χ1) is 14.6. The molecule has 0 radical (unpaired) electrons. The van der Waals surface area contributed by atoms with E-state index >= 15 is 0 Å². The number of fused-ring (bicyclic) bond motifs is 1. The van der Waals surface area contributed by atoms with Crippen LogP contribution in [-0.2, 0) is 16.6 Å². The number of nitrogens with one attached hydrogen (secondary N) is 2. The van der Waals surface area contributed by atoms with Gasteiger partial charge in [-0.25, -0.2) is 4.98 Å². The third-order valence-electron chi connectivity index (χ3n) is 5.69. The quantitative estimate of drug-likeness (QED) is 0.584. The number of amides is 1. The molecule has 3 aromatic heterocycles. The smallest absolute Gasteiger partial charge is 0.228 e. The number of ether oxygens (including phenoxy) is 1. The van der Waals surface area contributed by atoms with Gasteiger partial charge in [0.25, 0.3) is 0 Å². The topological polar surface area (TPSA) is 94.0 Å². The van der Waals surface area contributed by atoms with Gasteiger partial charge in [0.1, 0.15) is 5.82 Å². The minimum Gasteiger partial charge on any atom is -0.383 e. The Hall–Kier alpha value is -2.84. The normalized spacial score (nSPS) is 19.1. The maximum atomic E-state index is 12.7. The molecular formula is C22H28N6O2. The highest BCUT2D eigenvalue weighted by Gasteiger charge is 2.26.